The van der Waals surface area contributed by atoms with Crippen LogP contribution >= 0.6 is 22.9 Å². The van der Waals surface area contributed by atoms with Crippen LogP contribution in [-0.2, 0) is 0 Å². The average molecular weight is 415 g/mol. The highest BCUT2D eigenvalue weighted by Crippen LogP contribution is 2.39. The fourth-order valence-corrected chi connectivity index (χ4v) is 4.64. The molecule has 3 heterocycles. The summed E-state index contributed by atoms with van der Waals surface area (Å²) in [5.74, 6) is 0.537. The molecule has 5 rings (SSSR count). The van der Waals surface area contributed by atoms with Crippen LogP contribution in [0.2, 0.25) is 5.02 Å². The minimum atomic E-state index is -0.340. The molecule has 1 aliphatic rings. The predicted molar refractivity (Wildman–Crippen MR) is 113 cm³/mol. The average Bonchev–Trinajstić information content (AvgIpc) is 3.11. The van der Waals surface area contributed by atoms with Gasteiger partial charge in [0.1, 0.15) is 18.0 Å². The van der Waals surface area contributed by atoms with Crippen molar-refractivity contribution in [3.63, 3.8) is 0 Å². The first-order valence-corrected chi connectivity index (χ1v) is 10.1. The van der Waals surface area contributed by atoms with Crippen molar-refractivity contribution in [3.05, 3.63) is 41.4 Å². The lowest BCUT2D eigenvalue weighted by Crippen LogP contribution is -2.44. The predicted octanol–water partition coefficient (Wildman–Crippen LogP) is 3.69. The van der Waals surface area contributed by atoms with Crippen molar-refractivity contribution in [2.75, 3.05) is 36.8 Å². The van der Waals surface area contributed by atoms with Gasteiger partial charge in [-0.15, -0.1) is 0 Å². The van der Waals surface area contributed by atoms with E-state index in [1.807, 2.05) is 12.1 Å². The molecule has 4 aromatic rings. The van der Waals surface area contributed by atoms with Gasteiger partial charge in [-0.2, -0.15) is 0 Å². The molecule has 1 saturated heterocycles. The summed E-state index contributed by atoms with van der Waals surface area (Å²) in [5, 5.41) is 5.10. The van der Waals surface area contributed by atoms with Crippen molar-refractivity contribution in [2.45, 2.75) is 0 Å². The molecule has 0 aliphatic carbocycles. The number of nitrogen functional groups attached to an aromatic ring is 1. The van der Waals surface area contributed by atoms with Crippen molar-refractivity contribution in [3.8, 4) is 11.1 Å². The molecular formula is C19H16ClFN6S. The molecule has 3 N–H and O–H groups in total. The highest BCUT2D eigenvalue weighted by atomic mass is 35.5. The van der Waals surface area contributed by atoms with E-state index in [1.165, 1.54) is 6.07 Å². The van der Waals surface area contributed by atoms with Crippen molar-refractivity contribution in [1.82, 2.24) is 20.3 Å². The van der Waals surface area contributed by atoms with E-state index in [0.29, 0.717) is 20.4 Å². The Morgan fingerprint density at radius 3 is 2.79 bits per heavy atom. The van der Waals surface area contributed by atoms with Crippen LogP contribution in [0.1, 0.15) is 0 Å². The number of rotatable bonds is 2. The van der Waals surface area contributed by atoms with Gasteiger partial charge in [0.2, 0.25) is 0 Å². The lowest BCUT2D eigenvalue weighted by Gasteiger charge is -2.29. The largest absolute Gasteiger partial charge is 0.375 e. The molecule has 0 amide bonds. The van der Waals surface area contributed by atoms with E-state index in [2.05, 4.69) is 25.2 Å². The van der Waals surface area contributed by atoms with Gasteiger partial charge < -0.3 is 16.0 Å². The van der Waals surface area contributed by atoms with Crippen LogP contribution < -0.4 is 16.0 Å². The first-order valence-electron chi connectivity index (χ1n) is 8.86. The summed E-state index contributed by atoms with van der Waals surface area (Å²) in [4.78, 5) is 15.5. The molecule has 142 valence electrons. The lowest BCUT2D eigenvalue weighted by atomic mass is 10.0. The van der Waals surface area contributed by atoms with E-state index in [-0.39, 0.29) is 5.82 Å². The van der Waals surface area contributed by atoms with Crippen LogP contribution in [0.15, 0.2) is 30.6 Å². The second-order valence-corrected chi connectivity index (χ2v) is 8.05. The minimum Gasteiger partial charge on any atom is -0.375 e. The van der Waals surface area contributed by atoms with E-state index in [0.717, 1.165) is 65.4 Å². The van der Waals surface area contributed by atoms with Crippen molar-refractivity contribution >= 4 is 55.0 Å². The minimum absolute atomic E-state index is 0.321. The standard InChI is InChI=1S/C19H16ClFN6S/c20-13-7-12-15(24-9-25-18(12)27-5-3-23-4-6-27)8-11(13)10-1-2-14(21)17-16(10)26-19(22)28-17/h1-2,7-9,23H,3-6H2,(H2,22,26). The zero-order valence-corrected chi connectivity index (χ0v) is 16.3. The monoisotopic (exact) mass is 414 g/mol. The highest BCUT2D eigenvalue weighted by Gasteiger charge is 2.19. The quantitative estimate of drug-likeness (QED) is 0.520. The Balaban J connectivity index is 1.70. The highest BCUT2D eigenvalue weighted by molar-refractivity contribution is 7.22. The zero-order chi connectivity index (χ0) is 19.3. The third-order valence-electron chi connectivity index (χ3n) is 4.92. The van der Waals surface area contributed by atoms with Gasteiger partial charge in [-0.25, -0.2) is 19.3 Å². The number of nitrogens with one attached hydrogen (secondary N) is 1. The SMILES string of the molecule is Nc1nc2c(-c3cc4ncnc(N5CCNCC5)c4cc3Cl)ccc(F)c2s1. The maximum Gasteiger partial charge on any atom is 0.181 e. The Morgan fingerprint density at radius 1 is 1.14 bits per heavy atom. The Morgan fingerprint density at radius 2 is 1.96 bits per heavy atom. The van der Waals surface area contributed by atoms with Crippen LogP contribution in [-0.4, -0.2) is 41.1 Å². The summed E-state index contributed by atoms with van der Waals surface area (Å²) in [6, 6.07) is 6.89. The second-order valence-electron chi connectivity index (χ2n) is 6.61. The topological polar surface area (TPSA) is 80.0 Å². The van der Waals surface area contributed by atoms with Gasteiger partial charge in [-0.3, -0.25) is 0 Å². The summed E-state index contributed by atoms with van der Waals surface area (Å²) in [6.07, 6.45) is 1.57. The maximum atomic E-state index is 14.2. The number of benzene rings is 2. The van der Waals surface area contributed by atoms with Gasteiger partial charge in [0.25, 0.3) is 0 Å². The fraction of sp³-hybridized carbons (Fsp3) is 0.211. The summed E-state index contributed by atoms with van der Waals surface area (Å²) in [7, 11) is 0. The number of hydrogen-bond donors (Lipinski definition) is 2. The Labute approximate surface area is 169 Å². The van der Waals surface area contributed by atoms with E-state index in [9.17, 15) is 4.39 Å². The number of halogens is 2. The van der Waals surface area contributed by atoms with Crippen LogP contribution in [0.4, 0.5) is 15.3 Å². The summed E-state index contributed by atoms with van der Waals surface area (Å²) >= 11 is 7.79. The first kappa shape index (κ1) is 17.5. The molecule has 0 spiro atoms. The van der Waals surface area contributed by atoms with E-state index in [4.69, 9.17) is 17.3 Å². The smallest absolute Gasteiger partial charge is 0.181 e. The molecule has 2 aromatic carbocycles. The number of fused-ring (bicyclic) bond motifs is 2. The fourth-order valence-electron chi connectivity index (χ4n) is 3.61. The van der Waals surface area contributed by atoms with Gasteiger partial charge in [0.05, 0.1) is 15.7 Å². The molecular weight excluding hydrogens is 399 g/mol. The molecule has 1 aliphatic heterocycles. The number of thiazole rings is 1. The van der Waals surface area contributed by atoms with Crippen LogP contribution in [0.3, 0.4) is 0 Å². The molecule has 6 nitrogen and oxygen atoms in total. The molecule has 0 saturated carbocycles. The molecule has 0 radical (unpaired) electrons. The number of aromatic nitrogens is 3. The van der Waals surface area contributed by atoms with Crippen LogP contribution in [0, 0.1) is 5.82 Å². The van der Waals surface area contributed by atoms with E-state index in [1.54, 1.807) is 12.4 Å². The van der Waals surface area contributed by atoms with Crippen molar-refractivity contribution in [2.24, 2.45) is 0 Å². The van der Waals surface area contributed by atoms with Gasteiger partial charge in [-0.05, 0) is 24.3 Å². The zero-order valence-electron chi connectivity index (χ0n) is 14.7. The molecule has 0 unspecified atom stereocenters. The lowest BCUT2D eigenvalue weighted by molar-refractivity contribution is 0.586. The summed E-state index contributed by atoms with van der Waals surface area (Å²) in [6.45, 7) is 3.58. The normalized spacial score (nSPS) is 14.9. The molecule has 1 fully saturated rings. The first-order chi connectivity index (χ1) is 13.6. The number of nitrogens with zero attached hydrogens (tertiary/aromatic N) is 4. The van der Waals surface area contributed by atoms with E-state index < -0.39 is 0 Å². The van der Waals surface area contributed by atoms with E-state index >= 15 is 0 Å². The third-order valence-corrected chi connectivity index (χ3v) is 6.13. The molecule has 2 aromatic heterocycles. The Bertz CT molecular complexity index is 1200. The van der Waals surface area contributed by atoms with Crippen LogP contribution in [0.25, 0.3) is 32.2 Å². The molecule has 0 atom stereocenters. The Hall–Kier alpha value is -2.55. The van der Waals surface area contributed by atoms with Gasteiger partial charge in [0.15, 0.2) is 5.13 Å². The number of piperazine rings is 1. The Kier molecular flexibility index (Phi) is 4.26. The molecule has 28 heavy (non-hydrogen) atoms. The number of nitrogens with two attached hydrogens (primary N) is 1. The summed E-state index contributed by atoms with van der Waals surface area (Å²) < 4.78 is 14.6. The maximum absolute atomic E-state index is 14.2. The van der Waals surface area contributed by atoms with Gasteiger partial charge >= 0.3 is 0 Å². The number of hydrogen-bond acceptors (Lipinski definition) is 7. The second kappa shape index (κ2) is 6.80. The summed E-state index contributed by atoms with van der Waals surface area (Å²) in [5.41, 5.74) is 8.59. The van der Waals surface area contributed by atoms with Gasteiger partial charge in [0, 0.05) is 47.7 Å². The third kappa shape index (κ3) is 2.85. The van der Waals surface area contributed by atoms with Gasteiger partial charge in [-0.1, -0.05) is 22.9 Å². The number of anilines is 2. The molecule has 9 heteroatoms. The van der Waals surface area contributed by atoms with Crippen molar-refractivity contribution in [1.29, 1.82) is 0 Å². The van der Waals surface area contributed by atoms with Crippen molar-refractivity contribution < 1.29 is 4.39 Å². The van der Waals surface area contributed by atoms with Crippen LogP contribution in [0.5, 0.6) is 0 Å². The molecule has 0 bridgehead atoms.